The molecule has 0 amide bonds. The van der Waals surface area contributed by atoms with Crippen molar-refractivity contribution in [3.05, 3.63) is 0 Å². The van der Waals surface area contributed by atoms with Gasteiger partial charge in [-0.2, -0.15) is 0 Å². The molecule has 0 aromatic heterocycles. The molecule has 0 aromatic carbocycles. The Morgan fingerprint density at radius 2 is 2.27 bits per heavy atom. The van der Waals surface area contributed by atoms with Crippen LogP contribution in [0.5, 0.6) is 0 Å². The lowest BCUT2D eigenvalue weighted by Crippen LogP contribution is -2.15. The topological polar surface area (TPSA) is 29.5 Å². The first-order valence-corrected chi connectivity index (χ1v) is 6.19. The maximum atomic E-state index is 9.05. The van der Waals surface area contributed by atoms with Crippen LogP contribution in [-0.4, -0.2) is 25.4 Å². The molecule has 0 aromatic rings. The Hall–Kier alpha value is -0.0800. The van der Waals surface area contributed by atoms with E-state index in [1.165, 1.54) is 32.1 Å². The molecule has 0 spiro atoms. The lowest BCUT2D eigenvalue weighted by Gasteiger charge is -2.24. The molecule has 3 unspecified atom stereocenters. The molecule has 0 bridgehead atoms. The third-order valence-corrected chi connectivity index (χ3v) is 3.89. The van der Waals surface area contributed by atoms with Crippen molar-refractivity contribution in [1.82, 2.24) is 0 Å². The molecule has 15 heavy (non-hydrogen) atoms. The summed E-state index contributed by atoms with van der Waals surface area (Å²) in [4.78, 5) is 0. The summed E-state index contributed by atoms with van der Waals surface area (Å²) in [5.74, 6) is 1.30. The molecule has 3 atom stereocenters. The van der Waals surface area contributed by atoms with Crippen LogP contribution in [0.3, 0.4) is 0 Å². The number of aliphatic hydroxyl groups excluding tert-OH is 1. The first-order valence-electron chi connectivity index (χ1n) is 6.19. The molecule has 90 valence electrons. The highest BCUT2D eigenvalue weighted by Gasteiger charge is 2.34. The SMILES string of the molecule is COCCC1(C)CCC(CC(C)CO)C1. The van der Waals surface area contributed by atoms with Gasteiger partial charge in [0.2, 0.25) is 0 Å². The Morgan fingerprint density at radius 1 is 1.53 bits per heavy atom. The Morgan fingerprint density at radius 3 is 2.87 bits per heavy atom. The van der Waals surface area contributed by atoms with E-state index in [1.807, 2.05) is 0 Å². The zero-order valence-corrected chi connectivity index (χ0v) is 10.5. The van der Waals surface area contributed by atoms with Crippen LogP contribution in [0.25, 0.3) is 0 Å². The van der Waals surface area contributed by atoms with Crippen LogP contribution < -0.4 is 0 Å². The number of methoxy groups -OCH3 is 1. The fourth-order valence-electron chi connectivity index (χ4n) is 2.87. The Kier molecular flexibility index (Phi) is 5.07. The predicted molar refractivity (Wildman–Crippen MR) is 62.8 cm³/mol. The van der Waals surface area contributed by atoms with E-state index in [4.69, 9.17) is 9.84 Å². The van der Waals surface area contributed by atoms with Crippen molar-refractivity contribution in [2.75, 3.05) is 20.3 Å². The van der Waals surface area contributed by atoms with Gasteiger partial charge >= 0.3 is 0 Å². The van der Waals surface area contributed by atoms with Gasteiger partial charge in [-0.1, -0.05) is 13.8 Å². The monoisotopic (exact) mass is 214 g/mol. The van der Waals surface area contributed by atoms with E-state index < -0.39 is 0 Å². The van der Waals surface area contributed by atoms with Crippen LogP contribution in [0, 0.1) is 17.3 Å². The smallest absolute Gasteiger partial charge is 0.0467 e. The average molecular weight is 214 g/mol. The summed E-state index contributed by atoms with van der Waals surface area (Å²) in [6.07, 6.45) is 6.37. The average Bonchev–Trinajstić information content (AvgIpc) is 2.58. The van der Waals surface area contributed by atoms with Gasteiger partial charge in [-0.05, 0) is 49.4 Å². The molecular weight excluding hydrogens is 188 g/mol. The van der Waals surface area contributed by atoms with E-state index in [9.17, 15) is 0 Å². The van der Waals surface area contributed by atoms with E-state index in [-0.39, 0.29) is 0 Å². The van der Waals surface area contributed by atoms with Crippen LogP contribution in [0.15, 0.2) is 0 Å². The van der Waals surface area contributed by atoms with Crippen molar-refractivity contribution < 1.29 is 9.84 Å². The fraction of sp³-hybridized carbons (Fsp3) is 1.00. The van der Waals surface area contributed by atoms with Gasteiger partial charge in [0.15, 0.2) is 0 Å². The van der Waals surface area contributed by atoms with Gasteiger partial charge in [0, 0.05) is 20.3 Å². The number of hydrogen-bond acceptors (Lipinski definition) is 2. The van der Waals surface area contributed by atoms with Gasteiger partial charge in [0.25, 0.3) is 0 Å². The van der Waals surface area contributed by atoms with E-state index >= 15 is 0 Å². The van der Waals surface area contributed by atoms with Crippen molar-refractivity contribution in [1.29, 1.82) is 0 Å². The zero-order chi connectivity index (χ0) is 11.3. The molecule has 1 fully saturated rings. The molecule has 2 nitrogen and oxygen atoms in total. The van der Waals surface area contributed by atoms with E-state index in [0.29, 0.717) is 17.9 Å². The van der Waals surface area contributed by atoms with Crippen LogP contribution in [0.1, 0.15) is 46.0 Å². The zero-order valence-electron chi connectivity index (χ0n) is 10.5. The molecular formula is C13H26O2. The predicted octanol–water partition coefficient (Wildman–Crippen LogP) is 2.85. The normalized spacial score (nSPS) is 33.2. The lowest BCUT2D eigenvalue weighted by atomic mass is 9.83. The molecule has 1 rings (SSSR count). The molecule has 0 aliphatic heterocycles. The number of aliphatic hydroxyl groups is 1. The Balaban J connectivity index is 2.30. The number of ether oxygens (including phenoxy) is 1. The molecule has 2 heteroatoms. The fourth-order valence-corrected chi connectivity index (χ4v) is 2.87. The highest BCUT2D eigenvalue weighted by atomic mass is 16.5. The van der Waals surface area contributed by atoms with Crippen LogP contribution >= 0.6 is 0 Å². The highest BCUT2D eigenvalue weighted by Crippen LogP contribution is 2.45. The molecule has 0 heterocycles. The second kappa shape index (κ2) is 5.86. The summed E-state index contributed by atoms with van der Waals surface area (Å²) in [5, 5.41) is 9.05. The van der Waals surface area contributed by atoms with E-state index in [0.717, 1.165) is 12.5 Å². The van der Waals surface area contributed by atoms with Crippen LogP contribution in [-0.2, 0) is 4.74 Å². The van der Waals surface area contributed by atoms with Gasteiger partial charge in [-0.3, -0.25) is 0 Å². The van der Waals surface area contributed by atoms with Crippen molar-refractivity contribution in [2.24, 2.45) is 17.3 Å². The van der Waals surface area contributed by atoms with Gasteiger partial charge in [-0.25, -0.2) is 0 Å². The summed E-state index contributed by atoms with van der Waals surface area (Å²) in [5.41, 5.74) is 0.496. The van der Waals surface area contributed by atoms with Crippen molar-refractivity contribution in [2.45, 2.75) is 46.0 Å². The van der Waals surface area contributed by atoms with E-state index in [2.05, 4.69) is 13.8 Å². The standard InChI is InChI=1S/C13H26O2/c1-11(10-14)8-12-4-5-13(2,9-12)6-7-15-3/h11-12,14H,4-10H2,1-3H3. The second-order valence-corrected chi connectivity index (χ2v) is 5.69. The van der Waals surface area contributed by atoms with Gasteiger partial charge in [0.1, 0.15) is 0 Å². The first-order chi connectivity index (χ1) is 7.09. The summed E-state index contributed by atoms with van der Waals surface area (Å²) >= 11 is 0. The summed E-state index contributed by atoms with van der Waals surface area (Å²) in [6, 6.07) is 0. The van der Waals surface area contributed by atoms with Crippen molar-refractivity contribution in [3.8, 4) is 0 Å². The summed E-state index contributed by atoms with van der Waals surface area (Å²) < 4.78 is 5.17. The molecule has 1 N–H and O–H groups in total. The minimum atomic E-state index is 0.339. The number of rotatable bonds is 6. The minimum absolute atomic E-state index is 0.339. The maximum absolute atomic E-state index is 9.05. The van der Waals surface area contributed by atoms with Gasteiger partial charge in [0.05, 0.1) is 0 Å². The molecule has 0 saturated heterocycles. The summed E-state index contributed by atoms with van der Waals surface area (Å²) in [6.45, 7) is 5.75. The number of hydrogen-bond donors (Lipinski definition) is 1. The quantitative estimate of drug-likeness (QED) is 0.736. The molecule has 1 saturated carbocycles. The summed E-state index contributed by atoms with van der Waals surface area (Å²) in [7, 11) is 1.78. The Bertz CT molecular complexity index is 181. The third kappa shape index (κ3) is 4.12. The first kappa shape index (κ1) is 13.0. The van der Waals surface area contributed by atoms with E-state index in [1.54, 1.807) is 7.11 Å². The van der Waals surface area contributed by atoms with Crippen LogP contribution in [0.2, 0.25) is 0 Å². The van der Waals surface area contributed by atoms with Crippen molar-refractivity contribution in [3.63, 3.8) is 0 Å². The Labute approximate surface area is 94.0 Å². The lowest BCUT2D eigenvalue weighted by molar-refractivity contribution is 0.142. The molecule has 0 radical (unpaired) electrons. The van der Waals surface area contributed by atoms with Crippen molar-refractivity contribution >= 4 is 0 Å². The van der Waals surface area contributed by atoms with Gasteiger partial charge in [-0.15, -0.1) is 0 Å². The van der Waals surface area contributed by atoms with Crippen LogP contribution in [0.4, 0.5) is 0 Å². The minimum Gasteiger partial charge on any atom is -0.396 e. The highest BCUT2D eigenvalue weighted by molar-refractivity contribution is 4.86. The van der Waals surface area contributed by atoms with Gasteiger partial charge < -0.3 is 9.84 Å². The molecule has 1 aliphatic carbocycles. The third-order valence-electron chi connectivity index (χ3n) is 3.89. The largest absolute Gasteiger partial charge is 0.396 e. The second-order valence-electron chi connectivity index (χ2n) is 5.69. The maximum Gasteiger partial charge on any atom is 0.0467 e. The molecule has 1 aliphatic rings.